The highest BCUT2D eigenvalue weighted by molar-refractivity contribution is 5.42. The van der Waals surface area contributed by atoms with E-state index >= 15 is 0 Å². The molecule has 2 heteroatoms. The second-order valence-corrected chi connectivity index (χ2v) is 9.40. The van der Waals surface area contributed by atoms with Gasteiger partial charge in [-0.15, -0.1) is 0 Å². The summed E-state index contributed by atoms with van der Waals surface area (Å²) < 4.78 is 6.55. The Morgan fingerprint density at radius 2 is 1.83 bits per heavy atom. The molecule has 0 spiro atoms. The van der Waals surface area contributed by atoms with Gasteiger partial charge in [-0.25, -0.2) is 0 Å². The van der Waals surface area contributed by atoms with Crippen LogP contribution < -0.4 is 4.74 Å². The van der Waals surface area contributed by atoms with Crippen molar-refractivity contribution in [3.8, 4) is 11.5 Å². The van der Waals surface area contributed by atoms with Gasteiger partial charge in [0, 0.05) is 5.92 Å². The van der Waals surface area contributed by atoms with Crippen LogP contribution in [-0.2, 0) is 6.42 Å². The number of ether oxygens (including phenoxy) is 1. The summed E-state index contributed by atoms with van der Waals surface area (Å²) in [4.78, 5) is 0. The molecule has 0 saturated heterocycles. The molecule has 1 aliphatic heterocycles. The number of hydrogen-bond acceptors (Lipinski definition) is 2. The van der Waals surface area contributed by atoms with E-state index < -0.39 is 0 Å². The Hall–Kier alpha value is -1.18. The zero-order valence-electron chi connectivity index (χ0n) is 15.0. The van der Waals surface area contributed by atoms with Crippen LogP contribution in [0.2, 0.25) is 0 Å². The monoisotopic (exact) mass is 314 g/mol. The Balaban J connectivity index is 1.77. The van der Waals surface area contributed by atoms with Gasteiger partial charge < -0.3 is 9.84 Å². The number of phenolic OH excluding ortho intramolecular Hbond substituents is 1. The molecule has 2 fully saturated rings. The molecule has 1 heterocycles. The van der Waals surface area contributed by atoms with Gasteiger partial charge in [0.1, 0.15) is 17.1 Å². The van der Waals surface area contributed by atoms with Crippen LogP contribution in [0.3, 0.4) is 0 Å². The molecule has 0 amide bonds. The summed E-state index contributed by atoms with van der Waals surface area (Å²) in [5, 5.41) is 9.87. The minimum absolute atomic E-state index is 0.0529. The highest BCUT2D eigenvalue weighted by atomic mass is 16.5. The first kappa shape index (κ1) is 15.4. The molecule has 1 aromatic carbocycles. The quantitative estimate of drug-likeness (QED) is 0.701. The number of aromatic hydroxyl groups is 1. The van der Waals surface area contributed by atoms with Crippen LogP contribution in [-0.4, -0.2) is 10.7 Å². The van der Waals surface area contributed by atoms with Crippen molar-refractivity contribution in [3.05, 3.63) is 23.8 Å². The van der Waals surface area contributed by atoms with Crippen LogP contribution in [0.5, 0.6) is 11.5 Å². The van der Waals surface area contributed by atoms with Gasteiger partial charge in [0.05, 0.1) is 0 Å². The van der Waals surface area contributed by atoms with E-state index in [1.165, 1.54) is 31.2 Å². The molecular weight excluding hydrogens is 284 g/mol. The Kier molecular flexibility index (Phi) is 3.12. The topological polar surface area (TPSA) is 29.5 Å². The highest BCUT2D eigenvalue weighted by Crippen LogP contribution is 2.64. The van der Waals surface area contributed by atoms with Crippen molar-refractivity contribution in [1.82, 2.24) is 0 Å². The molecule has 2 saturated carbocycles. The fourth-order valence-corrected chi connectivity index (χ4v) is 6.47. The third-order valence-electron chi connectivity index (χ3n) is 7.55. The van der Waals surface area contributed by atoms with Crippen molar-refractivity contribution in [3.63, 3.8) is 0 Å². The third-order valence-corrected chi connectivity index (χ3v) is 7.55. The number of hydrogen-bond donors (Lipinski definition) is 1. The smallest absolute Gasteiger partial charge is 0.123 e. The van der Waals surface area contributed by atoms with Crippen LogP contribution in [0.4, 0.5) is 0 Å². The van der Waals surface area contributed by atoms with Gasteiger partial charge in [-0.05, 0) is 79.5 Å². The maximum Gasteiger partial charge on any atom is 0.123 e. The minimum Gasteiger partial charge on any atom is -0.508 e. The van der Waals surface area contributed by atoms with Gasteiger partial charge in [0.15, 0.2) is 0 Å². The summed E-state index contributed by atoms with van der Waals surface area (Å²) in [5.41, 5.74) is 1.92. The van der Waals surface area contributed by atoms with Crippen LogP contribution >= 0.6 is 0 Å². The molecule has 1 unspecified atom stereocenters. The van der Waals surface area contributed by atoms with Gasteiger partial charge in [-0.1, -0.05) is 27.2 Å². The maximum atomic E-state index is 9.87. The normalized spacial score (nSPS) is 41.2. The second kappa shape index (κ2) is 4.68. The predicted octanol–water partition coefficient (Wildman–Crippen LogP) is 5.33. The Labute approximate surface area is 140 Å². The maximum absolute atomic E-state index is 9.87. The summed E-state index contributed by atoms with van der Waals surface area (Å²) in [6.07, 6.45) is 7.49. The van der Waals surface area contributed by atoms with Crippen LogP contribution in [0.15, 0.2) is 18.2 Å². The van der Waals surface area contributed by atoms with Gasteiger partial charge in [0.25, 0.3) is 0 Å². The fraction of sp³-hybridized carbons (Fsp3) is 0.714. The minimum atomic E-state index is -0.0529. The zero-order valence-corrected chi connectivity index (χ0v) is 15.0. The number of rotatable bonds is 0. The van der Waals surface area contributed by atoms with Gasteiger partial charge in [-0.2, -0.15) is 0 Å². The summed E-state index contributed by atoms with van der Waals surface area (Å²) >= 11 is 0. The van der Waals surface area contributed by atoms with E-state index in [4.69, 9.17) is 4.74 Å². The first-order valence-corrected chi connectivity index (χ1v) is 9.26. The van der Waals surface area contributed by atoms with Crippen molar-refractivity contribution in [2.45, 2.75) is 71.8 Å². The molecule has 2 aliphatic carbocycles. The molecule has 1 N–H and O–H groups in total. The van der Waals surface area contributed by atoms with Gasteiger partial charge in [-0.3, -0.25) is 0 Å². The first-order valence-electron chi connectivity index (χ1n) is 9.26. The molecule has 4 atom stereocenters. The van der Waals surface area contributed by atoms with E-state index in [1.54, 1.807) is 6.07 Å². The van der Waals surface area contributed by atoms with E-state index in [1.807, 2.05) is 12.1 Å². The summed E-state index contributed by atoms with van der Waals surface area (Å²) in [6, 6.07) is 5.61. The summed E-state index contributed by atoms with van der Waals surface area (Å²) in [6.45, 7) is 9.80. The summed E-state index contributed by atoms with van der Waals surface area (Å²) in [5.74, 6) is 2.67. The predicted molar refractivity (Wildman–Crippen MR) is 92.8 cm³/mol. The van der Waals surface area contributed by atoms with Crippen molar-refractivity contribution >= 4 is 0 Å². The molecule has 2 nitrogen and oxygen atoms in total. The van der Waals surface area contributed by atoms with Crippen LogP contribution in [0, 0.1) is 22.7 Å². The van der Waals surface area contributed by atoms with E-state index in [9.17, 15) is 5.11 Å². The lowest BCUT2D eigenvalue weighted by atomic mass is 9.44. The lowest BCUT2D eigenvalue weighted by Crippen LogP contribution is -2.61. The molecule has 0 radical (unpaired) electrons. The lowest BCUT2D eigenvalue weighted by molar-refractivity contribution is -0.162. The van der Waals surface area contributed by atoms with Crippen LogP contribution in [0.25, 0.3) is 0 Å². The standard InChI is InChI=1S/C21H30O2/c1-19(2)9-5-10-20(3)17(19)8-11-21(4)18(20)13-14-12-15(22)6-7-16(14)23-21/h6-7,12,17-18,22H,5,8-11,13H2,1-4H3/t17-,18+,20-,21?/m1/s1. The largest absolute Gasteiger partial charge is 0.508 e. The van der Waals surface area contributed by atoms with E-state index in [0.717, 1.165) is 24.5 Å². The molecule has 23 heavy (non-hydrogen) atoms. The highest BCUT2D eigenvalue weighted by Gasteiger charge is 2.60. The Bertz CT molecular complexity index is 635. The number of fused-ring (bicyclic) bond motifs is 4. The lowest BCUT2D eigenvalue weighted by Gasteiger charge is -2.63. The Morgan fingerprint density at radius 1 is 1.04 bits per heavy atom. The van der Waals surface area contributed by atoms with E-state index in [-0.39, 0.29) is 5.60 Å². The SMILES string of the molecule is CC1(C)CCC[C@]2(C)[C@@H]1CCC1(C)Oc3ccc(O)cc3C[C@H]12. The number of benzene rings is 1. The molecule has 1 aromatic rings. The van der Waals surface area contributed by atoms with Crippen molar-refractivity contribution in [2.75, 3.05) is 0 Å². The van der Waals surface area contributed by atoms with Crippen LogP contribution in [0.1, 0.15) is 65.4 Å². The van der Waals surface area contributed by atoms with Crippen molar-refractivity contribution in [1.29, 1.82) is 0 Å². The van der Waals surface area contributed by atoms with Crippen molar-refractivity contribution < 1.29 is 9.84 Å². The zero-order chi connectivity index (χ0) is 16.5. The average Bonchev–Trinajstić information content (AvgIpc) is 2.45. The van der Waals surface area contributed by atoms with Gasteiger partial charge in [0.2, 0.25) is 0 Å². The van der Waals surface area contributed by atoms with E-state index in [2.05, 4.69) is 27.7 Å². The number of phenols is 1. The van der Waals surface area contributed by atoms with Gasteiger partial charge >= 0.3 is 0 Å². The molecule has 4 rings (SSSR count). The first-order chi connectivity index (χ1) is 10.7. The van der Waals surface area contributed by atoms with Crippen molar-refractivity contribution in [2.24, 2.45) is 22.7 Å². The molecule has 126 valence electrons. The molecule has 0 bridgehead atoms. The second-order valence-electron chi connectivity index (χ2n) is 9.40. The third kappa shape index (κ3) is 2.13. The molecule has 3 aliphatic rings. The molecular formula is C21H30O2. The van der Waals surface area contributed by atoms with E-state index in [0.29, 0.717) is 22.5 Å². The molecule has 0 aromatic heterocycles. The summed E-state index contributed by atoms with van der Waals surface area (Å²) in [7, 11) is 0. The fourth-order valence-electron chi connectivity index (χ4n) is 6.47. The average molecular weight is 314 g/mol. The Morgan fingerprint density at radius 3 is 2.61 bits per heavy atom.